The van der Waals surface area contributed by atoms with E-state index in [4.69, 9.17) is 9.84 Å². The fraction of sp³-hybridized carbons (Fsp3) is 0.609. The van der Waals surface area contributed by atoms with Crippen molar-refractivity contribution in [3.63, 3.8) is 0 Å². The molecule has 0 radical (unpaired) electrons. The SMILES string of the molecule is CC(C)(C)[C@H](NC(=O)c1nn(CC2CCOCC2)c2c(F)cccc12)C(=O)NC[C@H](O)CO. The van der Waals surface area contributed by atoms with Crippen molar-refractivity contribution in [3.05, 3.63) is 29.7 Å². The molecule has 1 aromatic carbocycles. The topological polar surface area (TPSA) is 126 Å². The van der Waals surface area contributed by atoms with Crippen LogP contribution in [0.2, 0.25) is 0 Å². The highest BCUT2D eigenvalue weighted by atomic mass is 19.1. The average Bonchev–Trinajstić information content (AvgIpc) is 3.15. The van der Waals surface area contributed by atoms with Gasteiger partial charge in [0.05, 0.1) is 12.7 Å². The Kier molecular flexibility index (Phi) is 8.04. The van der Waals surface area contributed by atoms with Crippen molar-refractivity contribution >= 4 is 22.7 Å². The maximum absolute atomic E-state index is 14.7. The van der Waals surface area contributed by atoms with E-state index < -0.39 is 41.8 Å². The van der Waals surface area contributed by atoms with Gasteiger partial charge in [-0.1, -0.05) is 32.9 Å². The third-order valence-corrected chi connectivity index (χ3v) is 5.83. The van der Waals surface area contributed by atoms with Gasteiger partial charge in [0.1, 0.15) is 17.4 Å². The Bertz CT molecular complexity index is 981. The summed E-state index contributed by atoms with van der Waals surface area (Å²) in [5.41, 5.74) is -0.346. The molecule has 1 aliphatic rings. The Morgan fingerprint density at radius 1 is 1.30 bits per heavy atom. The van der Waals surface area contributed by atoms with Crippen LogP contribution in [0.25, 0.3) is 10.9 Å². The van der Waals surface area contributed by atoms with Crippen LogP contribution in [0.4, 0.5) is 4.39 Å². The van der Waals surface area contributed by atoms with Crippen LogP contribution >= 0.6 is 0 Å². The van der Waals surface area contributed by atoms with Gasteiger partial charge in [-0.3, -0.25) is 14.3 Å². The molecule has 0 spiro atoms. The molecule has 2 heterocycles. The first-order chi connectivity index (χ1) is 15.6. The zero-order chi connectivity index (χ0) is 24.2. The molecule has 4 N–H and O–H groups in total. The van der Waals surface area contributed by atoms with Gasteiger partial charge in [0.15, 0.2) is 5.69 Å². The van der Waals surface area contributed by atoms with Crippen LogP contribution in [0, 0.1) is 17.2 Å². The number of hydrogen-bond acceptors (Lipinski definition) is 6. The van der Waals surface area contributed by atoms with Gasteiger partial charge >= 0.3 is 0 Å². The number of benzene rings is 1. The van der Waals surface area contributed by atoms with Crippen LogP contribution < -0.4 is 10.6 Å². The van der Waals surface area contributed by atoms with Crippen molar-refractivity contribution in [1.29, 1.82) is 0 Å². The summed E-state index contributed by atoms with van der Waals surface area (Å²) in [6, 6.07) is 3.56. The van der Waals surface area contributed by atoms with Crippen molar-refractivity contribution in [2.45, 2.75) is 52.3 Å². The number of carbonyl (C=O) groups excluding carboxylic acids is 2. The number of para-hydroxylation sites is 1. The number of amides is 2. The molecule has 0 aliphatic carbocycles. The molecule has 9 nitrogen and oxygen atoms in total. The first kappa shape index (κ1) is 25.1. The highest BCUT2D eigenvalue weighted by Gasteiger charge is 2.34. The van der Waals surface area contributed by atoms with E-state index in [2.05, 4.69) is 15.7 Å². The molecule has 2 amide bonds. The number of aliphatic hydroxyl groups excluding tert-OH is 2. The van der Waals surface area contributed by atoms with Crippen molar-refractivity contribution in [2.75, 3.05) is 26.4 Å². The molecule has 1 fully saturated rings. The molecule has 182 valence electrons. The molecule has 0 saturated carbocycles. The third-order valence-electron chi connectivity index (χ3n) is 5.83. The van der Waals surface area contributed by atoms with E-state index >= 15 is 0 Å². The van der Waals surface area contributed by atoms with Gasteiger partial charge in [-0.05, 0) is 30.2 Å². The summed E-state index contributed by atoms with van der Waals surface area (Å²) < 4.78 is 21.7. The number of aliphatic hydroxyl groups is 2. The minimum absolute atomic E-state index is 0.0500. The predicted octanol–water partition coefficient (Wildman–Crippen LogP) is 1.22. The number of ether oxygens (including phenoxy) is 1. The number of rotatable bonds is 8. The van der Waals surface area contributed by atoms with E-state index in [1.807, 2.05) is 0 Å². The van der Waals surface area contributed by atoms with Crippen molar-refractivity contribution in [1.82, 2.24) is 20.4 Å². The van der Waals surface area contributed by atoms with E-state index in [0.717, 1.165) is 12.8 Å². The largest absolute Gasteiger partial charge is 0.394 e. The minimum Gasteiger partial charge on any atom is -0.394 e. The number of nitrogens with one attached hydrogen (secondary N) is 2. The minimum atomic E-state index is -1.10. The average molecular weight is 465 g/mol. The van der Waals surface area contributed by atoms with Crippen LogP contribution in [0.15, 0.2) is 18.2 Å². The smallest absolute Gasteiger partial charge is 0.273 e. The Balaban J connectivity index is 1.87. The van der Waals surface area contributed by atoms with Crippen molar-refractivity contribution < 1.29 is 28.9 Å². The number of halogens is 1. The van der Waals surface area contributed by atoms with Crippen LogP contribution in [0.5, 0.6) is 0 Å². The first-order valence-electron chi connectivity index (χ1n) is 11.2. The standard InChI is InChI=1S/C23H33FN4O5/c1-23(2,3)20(22(32)25-11-15(30)13-29)26-21(31)18-16-5-4-6-17(24)19(16)28(27-18)12-14-7-9-33-10-8-14/h4-6,14-15,20,29-30H,7-13H2,1-3H3,(H,25,32)(H,26,31)/t15-,20+/m0/s1. The van der Waals surface area contributed by atoms with Crippen molar-refractivity contribution in [3.8, 4) is 0 Å². The molecule has 2 atom stereocenters. The van der Waals surface area contributed by atoms with E-state index in [9.17, 15) is 19.1 Å². The molecule has 1 aromatic heterocycles. The fourth-order valence-corrected chi connectivity index (χ4v) is 3.93. The van der Waals surface area contributed by atoms with Crippen molar-refractivity contribution in [2.24, 2.45) is 11.3 Å². The summed E-state index contributed by atoms with van der Waals surface area (Å²) in [6.07, 6.45) is 0.574. The molecule has 1 aliphatic heterocycles. The summed E-state index contributed by atoms with van der Waals surface area (Å²) >= 11 is 0. The quantitative estimate of drug-likeness (QED) is 0.465. The zero-order valence-electron chi connectivity index (χ0n) is 19.3. The molecule has 3 rings (SSSR count). The second-order valence-electron chi connectivity index (χ2n) is 9.58. The summed E-state index contributed by atoms with van der Waals surface area (Å²) in [4.78, 5) is 26.0. The number of nitrogens with zero attached hydrogens (tertiary/aromatic N) is 2. The summed E-state index contributed by atoms with van der Waals surface area (Å²) in [6.45, 7) is 6.50. The van der Waals surface area contributed by atoms with Gasteiger partial charge in [0.25, 0.3) is 5.91 Å². The lowest BCUT2D eigenvalue weighted by atomic mass is 9.86. The lowest BCUT2D eigenvalue weighted by molar-refractivity contribution is -0.125. The van der Waals surface area contributed by atoms with Crippen LogP contribution in [-0.2, 0) is 16.1 Å². The Morgan fingerprint density at radius 2 is 2.00 bits per heavy atom. The maximum Gasteiger partial charge on any atom is 0.273 e. The lowest BCUT2D eigenvalue weighted by Crippen LogP contribution is -2.54. The second-order valence-corrected chi connectivity index (χ2v) is 9.58. The van der Waals surface area contributed by atoms with E-state index in [0.29, 0.717) is 25.1 Å². The van der Waals surface area contributed by atoms with Crippen LogP contribution in [0.1, 0.15) is 44.1 Å². The normalized spacial score (nSPS) is 17.0. The third kappa shape index (κ3) is 6.07. The predicted molar refractivity (Wildman–Crippen MR) is 120 cm³/mol. The molecule has 33 heavy (non-hydrogen) atoms. The highest BCUT2D eigenvalue weighted by molar-refractivity contribution is 6.06. The first-order valence-corrected chi connectivity index (χ1v) is 11.2. The number of fused-ring (bicyclic) bond motifs is 1. The van der Waals surface area contributed by atoms with Gasteiger partial charge in [0, 0.05) is 31.7 Å². The Morgan fingerprint density at radius 3 is 2.64 bits per heavy atom. The summed E-state index contributed by atoms with van der Waals surface area (Å²) in [5.74, 6) is -1.28. The fourth-order valence-electron chi connectivity index (χ4n) is 3.93. The summed E-state index contributed by atoms with van der Waals surface area (Å²) in [7, 11) is 0. The second kappa shape index (κ2) is 10.6. The van der Waals surface area contributed by atoms with E-state index in [1.54, 1.807) is 31.5 Å². The number of hydrogen-bond donors (Lipinski definition) is 4. The molecular formula is C23H33FN4O5. The Hall–Kier alpha value is -2.56. The van der Waals surface area contributed by atoms with Gasteiger partial charge in [-0.25, -0.2) is 4.39 Å². The van der Waals surface area contributed by atoms with Gasteiger partial charge < -0.3 is 25.6 Å². The Labute approximate surface area is 192 Å². The molecule has 2 aromatic rings. The van der Waals surface area contributed by atoms with E-state index in [-0.39, 0.29) is 23.7 Å². The molecule has 0 bridgehead atoms. The molecule has 10 heteroatoms. The molecule has 1 saturated heterocycles. The van der Waals surface area contributed by atoms with Crippen LogP contribution in [-0.4, -0.2) is 70.3 Å². The van der Waals surface area contributed by atoms with Gasteiger partial charge in [0.2, 0.25) is 5.91 Å². The number of aromatic nitrogens is 2. The van der Waals surface area contributed by atoms with E-state index in [1.165, 1.54) is 12.1 Å². The van der Waals surface area contributed by atoms with Gasteiger partial charge in [-0.2, -0.15) is 5.10 Å². The summed E-state index contributed by atoms with van der Waals surface area (Å²) in [5, 5.41) is 28.6. The zero-order valence-corrected chi connectivity index (χ0v) is 19.3. The van der Waals surface area contributed by atoms with Crippen LogP contribution in [0.3, 0.4) is 0 Å². The van der Waals surface area contributed by atoms with Gasteiger partial charge in [-0.15, -0.1) is 0 Å². The maximum atomic E-state index is 14.7. The molecule has 0 unspecified atom stereocenters. The highest BCUT2D eigenvalue weighted by Crippen LogP contribution is 2.26. The monoisotopic (exact) mass is 464 g/mol. The molecular weight excluding hydrogens is 431 g/mol. The number of carbonyl (C=O) groups is 2. The lowest BCUT2D eigenvalue weighted by Gasteiger charge is -2.30.